The third kappa shape index (κ3) is 4.71. The van der Waals surface area contributed by atoms with Crippen molar-refractivity contribution in [2.75, 3.05) is 13.3 Å². The topological polar surface area (TPSA) is 85.3 Å². The molecule has 142 valence electrons. The number of rotatable bonds is 5. The minimum atomic E-state index is -0.806. The van der Waals surface area contributed by atoms with Crippen molar-refractivity contribution in [1.29, 1.82) is 0 Å². The minimum absolute atomic E-state index is 0.0753. The molecule has 1 saturated heterocycles. The number of carbonyl (C=O) groups excluding carboxylic acids is 2. The van der Waals surface area contributed by atoms with Crippen molar-refractivity contribution >= 4 is 11.9 Å². The number of nitrogens with zero attached hydrogens (tertiary/aromatic N) is 1. The summed E-state index contributed by atoms with van der Waals surface area (Å²) < 4.78 is 16.4. The average Bonchev–Trinajstić information content (AvgIpc) is 2.71. The van der Waals surface area contributed by atoms with E-state index in [4.69, 9.17) is 14.2 Å². The van der Waals surface area contributed by atoms with E-state index in [2.05, 4.69) is 0 Å². The Morgan fingerprint density at radius 2 is 1.59 bits per heavy atom. The van der Waals surface area contributed by atoms with Crippen LogP contribution in [0.15, 0.2) is 60.7 Å². The van der Waals surface area contributed by atoms with E-state index in [-0.39, 0.29) is 13.3 Å². The van der Waals surface area contributed by atoms with Gasteiger partial charge in [0.25, 0.3) is 0 Å². The minimum Gasteiger partial charge on any atom is -0.459 e. The van der Waals surface area contributed by atoms with Gasteiger partial charge in [-0.15, -0.1) is 0 Å². The van der Waals surface area contributed by atoms with Crippen molar-refractivity contribution in [1.82, 2.24) is 5.06 Å². The molecule has 1 unspecified atom stereocenters. The fourth-order valence-electron chi connectivity index (χ4n) is 2.76. The first-order chi connectivity index (χ1) is 13.1. The lowest BCUT2D eigenvalue weighted by atomic mass is 10.1. The van der Waals surface area contributed by atoms with Crippen molar-refractivity contribution in [3.63, 3.8) is 0 Å². The Labute approximate surface area is 157 Å². The third-order valence-electron chi connectivity index (χ3n) is 4.37. The molecular formula is C20H21NO6. The summed E-state index contributed by atoms with van der Waals surface area (Å²) in [5.41, 5.74) is 0.808. The molecule has 7 nitrogen and oxygen atoms in total. The summed E-state index contributed by atoms with van der Waals surface area (Å²) in [7, 11) is 0. The lowest BCUT2D eigenvalue weighted by Crippen LogP contribution is -2.56. The molecule has 1 fully saturated rings. The Balaban J connectivity index is 1.66. The molecule has 2 aromatic rings. The van der Waals surface area contributed by atoms with E-state index < -0.39 is 30.2 Å². The Hall–Kier alpha value is -2.74. The largest absolute Gasteiger partial charge is 0.459 e. The van der Waals surface area contributed by atoms with Gasteiger partial charge in [-0.05, 0) is 31.2 Å². The first kappa shape index (κ1) is 19.0. The smallest absolute Gasteiger partial charge is 0.338 e. The van der Waals surface area contributed by atoms with Gasteiger partial charge in [0.05, 0.1) is 17.2 Å². The number of hydroxylamine groups is 2. The van der Waals surface area contributed by atoms with Gasteiger partial charge >= 0.3 is 11.9 Å². The van der Waals surface area contributed by atoms with Gasteiger partial charge in [-0.3, -0.25) is 0 Å². The molecule has 3 rings (SSSR count). The molecule has 3 atom stereocenters. The zero-order valence-electron chi connectivity index (χ0n) is 14.9. The summed E-state index contributed by atoms with van der Waals surface area (Å²) >= 11 is 0. The molecule has 0 spiro atoms. The first-order valence-corrected chi connectivity index (χ1v) is 8.61. The van der Waals surface area contributed by atoms with Crippen LogP contribution in [-0.4, -0.2) is 53.8 Å². The maximum absolute atomic E-state index is 12.4. The molecule has 1 heterocycles. The Bertz CT molecular complexity index is 767. The van der Waals surface area contributed by atoms with E-state index >= 15 is 0 Å². The second-order valence-electron chi connectivity index (χ2n) is 6.21. The number of hydrogen-bond acceptors (Lipinski definition) is 7. The highest BCUT2D eigenvalue weighted by Crippen LogP contribution is 2.21. The van der Waals surface area contributed by atoms with E-state index in [9.17, 15) is 14.8 Å². The molecule has 0 amide bonds. The van der Waals surface area contributed by atoms with Crippen LogP contribution < -0.4 is 0 Å². The quantitative estimate of drug-likeness (QED) is 0.808. The summed E-state index contributed by atoms with van der Waals surface area (Å²) in [5.74, 6) is -1.03. The van der Waals surface area contributed by atoms with Crippen LogP contribution in [0.3, 0.4) is 0 Å². The summed E-state index contributed by atoms with van der Waals surface area (Å²) in [6.07, 6.45) is -1.50. The van der Waals surface area contributed by atoms with Crippen LogP contribution in [0.2, 0.25) is 0 Å². The molecule has 7 heteroatoms. The monoisotopic (exact) mass is 371 g/mol. The van der Waals surface area contributed by atoms with Crippen LogP contribution in [0.25, 0.3) is 0 Å². The Kier molecular flexibility index (Phi) is 6.18. The number of benzene rings is 2. The van der Waals surface area contributed by atoms with Crippen LogP contribution in [0.5, 0.6) is 0 Å². The predicted octanol–water partition coefficient (Wildman–Crippen LogP) is 2.50. The zero-order valence-corrected chi connectivity index (χ0v) is 14.9. The highest BCUT2D eigenvalue weighted by atomic mass is 16.6. The Morgan fingerprint density at radius 1 is 1.04 bits per heavy atom. The molecular weight excluding hydrogens is 350 g/mol. The predicted molar refractivity (Wildman–Crippen MR) is 95.2 cm³/mol. The fraction of sp³-hybridized carbons (Fsp3) is 0.300. The first-order valence-electron chi connectivity index (χ1n) is 8.61. The number of ether oxygens (including phenoxy) is 3. The van der Waals surface area contributed by atoms with Crippen LogP contribution in [0.1, 0.15) is 27.6 Å². The molecule has 0 radical (unpaired) electrons. The van der Waals surface area contributed by atoms with Crippen LogP contribution in [0, 0.1) is 0 Å². The van der Waals surface area contributed by atoms with Gasteiger partial charge in [0, 0.05) is 0 Å². The molecule has 0 saturated carbocycles. The number of esters is 2. The maximum Gasteiger partial charge on any atom is 0.338 e. The van der Waals surface area contributed by atoms with Gasteiger partial charge < -0.3 is 19.4 Å². The summed E-state index contributed by atoms with van der Waals surface area (Å²) in [6.45, 7) is 1.53. The highest BCUT2D eigenvalue weighted by molar-refractivity contribution is 5.90. The second-order valence-corrected chi connectivity index (χ2v) is 6.21. The zero-order chi connectivity index (χ0) is 19.2. The second kappa shape index (κ2) is 8.77. The van der Waals surface area contributed by atoms with Crippen LogP contribution in [-0.2, 0) is 14.2 Å². The van der Waals surface area contributed by atoms with Gasteiger partial charge in [0.1, 0.15) is 25.5 Å². The van der Waals surface area contributed by atoms with Crippen LogP contribution in [0.4, 0.5) is 0 Å². The van der Waals surface area contributed by atoms with Gasteiger partial charge in [0.15, 0.2) is 0 Å². The normalized spacial score (nSPS) is 22.8. The Morgan fingerprint density at radius 3 is 2.19 bits per heavy atom. The summed E-state index contributed by atoms with van der Waals surface area (Å²) in [4.78, 5) is 24.5. The van der Waals surface area contributed by atoms with E-state index in [1.165, 1.54) is 0 Å². The molecule has 0 aromatic heterocycles. The lowest BCUT2D eigenvalue weighted by Gasteiger charge is -2.39. The van der Waals surface area contributed by atoms with Gasteiger partial charge in [-0.2, -0.15) is 5.06 Å². The summed E-state index contributed by atoms with van der Waals surface area (Å²) in [5, 5.41) is 10.9. The standard InChI is InChI=1S/C20H21NO6/c1-14-18(27-20(23)16-10-6-3-7-11-16)17(26-13-21(14)24)12-25-19(22)15-8-4-2-5-9-15/h2-11,14,17-18,24H,12-13H2,1H3/t14?,17-,18+/m1/s1. The van der Waals surface area contributed by atoms with Crippen molar-refractivity contribution in [2.24, 2.45) is 0 Å². The summed E-state index contributed by atoms with van der Waals surface area (Å²) in [6, 6.07) is 16.6. The average molecular weight is 371 g/mol. The SMILES string of the molecule is CC1[C@H](OC(=O)c2ccccc2)[C@@H](COC(=O)c2ccccc2)OCN1O. The molecule has 0 bridgehead atoms. The molecule has 2 aromatic carbocycles. The van der Waals surface area contributed by atoms with Crippen molar-refractivity contribution in [3.05, 3.63) is 71.8 Å². The van der Waals surface area contributed by atoms with Gasteiger partial charge in [-0.1, -0.05) is 36.4 Å². The molecule has 0 aliphatic carbocycles. The lowest BCUT2D eigenvalue weighted by molar-refractivity contribution is -0.271. The van der Waals surface area contributed by atoms with E-state index in [0.717, 1.165) is 5.06 Å². The number of hydrogen-bond donors (Lipinski definition) is 1. The van der Waals surface area contributed by atoms with Crippen molar-refractivity contribution in [2.45, 2.75) is 25.2 Å². The highest BCUT2D eigenvalue weighted by Gasteiger charge is 2.40. The van der Waals surface area contributed by atoms with Gasteiger partial charge in [-0.25, -0.2) is 9.59 Å². The molecule has 1 aliphatic heterocycles. The molecule has 1 N–H and O–H groups in total. The third-order valence-corrected chi connectivity index (χ3v) is 4.37. The van der Waals surface area contributed by atoms with Crippen LogP contribution >= 0.6 is 0 Å². The van der Waals surface area contributed by atoms with Gasteiger partial charge in [0.2, 0.25) is 0 Å². The molecule has 27 heavy (non-hydrogen) atoms. The van der Waals surface area contributed by atoms with E-state index in [0.29, 0.717) is 11.1 Å². The van der Waals surface area contributed by atoms with Crippen molar-refractivity contribution in [3.8, 4) is 0 Å². The maximum atomic E-state index is 12.4. The van der Waals surface area contributed by atoms with Crippen molar-refractivity contribution < 1.29 is 29.0 Å². The van der Waals surface area contributed by atoms with E-state index in [1.807, 2.05) is 0 Å². The number of carbonyl (C=O) groups is 2. The molecule has 1 aliphatic rings. The van der Waals surface area contributed by atoms with E-state index in [1.54, 1.807) is 67.6 Å². The fourth-order valence-corrected chi connectivity index (χ4v) is 2.76.